The van der Waals surface area contributed by atoms with Crippen molar-refractivity contribution >= 4 is 5.97 Å². The predicted molar refractivity (Wildman–Crippen MR) is 84.0 cm³/mol. The summed E-state index contributed by atoms with van der Waals surface area (Å²) >= 11 is 0. The normalized spacial score (nSPS) is 11.6. The minimum Gasteiger partial charge on any atom is -0.460 e. The molecule has 0 atom stereocenters. The summed E-state index contributed by atoms with van der Waals surface area (Å²) in [6.07, 6.45) is 1.04. The van der Waals surface area contributed by atoms with Gasteiger partial charge in [0, 0.05) is 19.6 Å². The van der Waals surface area contributed by atoms with Gasteiger partial charge in [-0.3, -0.25) is 4.79 Å². The second-order valence-electron chi connectivity index (χ2n) is 5.72. The van der Waals surface area contributed by atoms with Gasteiger partial charge in [-0.1, -0.05) is 0 Å². The van der Waals surface area contributed by atoms with Gasteiger partial charge in [0.15, 0.2) is 0 Å². The zero-order valence-electron chi connectivity index (χ0n) is 14.5. The fourth-order valence-electron chi connectivity index (χ4n) is 1.52. The first-order valence-corrected chi connectivity index (χ1v) is 7.98. The number of carbonyl (C=O) groups excluding carboxylic acids is 1. The lowest BCUT2D eigenvalue weighted by Crippen LogP contribution is -2.23. The topological polar surface area (TPSA) is 63.2 Å². The zero-order chi connectivity index (χ0) is 16.7. The zero-order valence-corrected chi connectivity index (χ0v) is 14.5. The Labute approximate surface area is 134 Å². The minimum absolute atomic E-state index is 0.184. The standard InChI is InChI=1S/C16H32O6/c1-5-18-9-10-20-13-14-21-12-11-19-8-6-7-15(17)22-16(2,3)4/h5-14H2,1-4H3. The summed E-state index contributed by atoms with van der Waals surface area (Å²) < 4.78 is 26.4. The molecule has 0 unspecified atom stereocenters. The van der Waals surface area contributed by atoms with Crippen molar-refractivity contribution in [2.75, 3.05) is 52.9 Å². The van der Waals surface area contributed by atoms with Gasteiger partial charge in [-0.25, -0.2) is 0 Å². The SMILES string of the molecule is CCOCCOCCOCCOCCCC(=O)OC(C)(C)C. The van der Waals surface area contributed by atoms with Crippen molar-refractivity contribution in [3.63, 3.8) is 0 Å². The highest BCUT2D eigenvalue weighted by Crippen LogP contribution is 2.08. The fourth-order valence-corrected chi connectivity index (χ4v) is 1.52. The molecule has 6 nitrogen and oxygen atoms in total. The van der Waals surface area contributed by atoms with Gasteiger partial charge < -0.3 is 23.7 Å². The molecule has 0 radical (unpaired) electrons. The van der Waals surface area contributed by atoms with Gasteiger partial charge in [0.25, 0.3) is 0 Å². The Balaban J connectivity index is 3.16. The Morgan fingerprint density at radius 1 is 0.773 bits per heavy atom. The van der Waals surface area contributed by atoms with Crippen LogP contribution in [0.5, 0.6) is 0 Å². The molecule has 0 bridgehead atoms. The van der Waals surface area contributed by atoms with Crippen molar-refractivity contribution < 1.29 is 28.5 Å². The third-order valence-corrected chi connectivity index (χ3v) is 2.41. The molecule has 0 heterocycles. The van der Waals surface area contributed by atoms with Crippen LogP contribution < -0.4 is 0 Å². The van der Waals surface area contributed by atoms with Crippen molar-refractivity contribution in [3.8, 4) is 0 Å². The van der Waals surface area contributed by atoms with E-state index in [2.05, 4.69) is 0 Å². The Hall–Kier alpha value is -0.690. The molecule has 0 fully saturated rings. The summed E-state index contributed by atoms with van der Waals surface area (Å²) in [5.41, 5.74) is -0.420. The lowest BCUT2D eigenvalue weighted by atomic mass is 10.2. The van der Waals surface area contributed by atoms with Gasteiger partial charge >= 0.3 is 5.97 Å². The minimum atomic E-state index is -0.420. The molecule has 0 saturated carbocycles. The maximum Gasteiger partial charge on any atom is 0.306 e. The smallest absolute Gasteiger partial charge is 0.306 e. The second kappa shape index (κ2) is 13.9. The summed E-state index contributed by atoms with van der Waals surface area (Å²) in [7, 11) is 0. The maximum atomic E-state index is 11.4. The van der Waals surface area contributed by atoms with Crippen molar-refractivity contribution in [1.82, 2.24) is 0 Å². The van der Waals surface area contributed by atoms with Gasteiger partial charge in [-0.05, 0) is 34.1 Å². The van der Waals surface area contributed by atoms with Crippen molar-refractivity contribution in [3.05, 3.63) is 0 Å². The van der Waals surface area contributed by atoms with E-state index in [4.69, 9.17) is 23.7 Å². The van der Waals surface area contributed by atoms with Crippen molar-refractivity contribution in [2.45, 2.75) is 46.1 Å². The number of rotatable bonds is 14. The van der Waals surface area contributed by atoms with E-state index in [0.29, 0.717) is 65.7 Å². The van der Waals surface area contributed by atoms with E-state index in [1.54, 1.807) is 0 Å². The van der Waals surface area contributed by atoms with Crippen LogP contribution in [0.25, 0.3) is 0 Å². The monoisotopic (exact) mass is 320 g/mol. The van der Waals surface area contributed by atoms with Crippen LogP contribution in [0.3, 0.4) is 0 Å². The average molecular weight is 320 g/mol. The molecule has 0 aliphatic heterocycles. The molecule has 0 spiro atoms. The first-order chi connectivity index (χ1) is 10.5. The van der Waals surface area contributed by atoms with Crippen LogP contribution in [0.1, 0.15) is 40.5 Å². The summed E-state index contributed by atoms with van der Waals surface area (Å²) in [6.45, 7) is 12.2. The van der Waals surface area contributed by atoms with Gasteiger partial charge in [-0.2, -0.15) is 0 Å². The van der Waals surface area contributed by atoms with Crippen LogP contribution in [0.2, 0.25) is 0 Å². The molecule has 132 valence electrons. The predicted octanol–water partition coefficient (Wildman–Crippen LogP) is 2.19. The van der Waals surface area contributed by atoms with Crippen LogP contribution in [0.15, 0.2) is 0 Å². The van der Waals surface area contributed by atoms with Gasteiger partial charge in [0.1, 0.15) is 5.60 Å². The molecule has 0 aromatic carbocycles. The third kappa shape index (κ3) is 17.4. The van der Waals surface area contributed by atoms with E-state index < -0.39 is 5.60 Å². The summed E-state index contributed by atoms with van der Waals surface area (Å²) in [5.74, 6) is -0.184. The number of carbonyl (C=O) groups is 1. The highest BCUT2D eigenvalue weighted by Gasteiger charge is 2.15. The molecule has 0 rings (SSSR count). The Bertz CT molecular complexity index is 262. The van der Waals surface area contributed by atoms with E-state index in [1.165, 1.54) is 0 Å². The number of ether oxygens (including phenoxy) is 5. The van der Waals surface area contributed by atoms with E-state index in [1.807, 2.05) is 27.7 Å². The Kier molecular flexibility index (Phi) is 13.5. The van der Waals surface area contributed by atoms with Crippen LogP contribution in [-0.4, -0.2) is 64.4 Å². The molecule has 6 heteroatoms. The largest absolute Gasteiger partial charge is 0.460 e. The van der Waals surface area contributed by atoms with Crippen LogP contribution in [0.4, 0.5) is 0 Å². The first-order valence-electron chi connectivity index (χ1n) is 7.98. The molecule has 0 aromatic heterocycles. The van der Waals surface area contributed by atoms with Crippen molar-refractivity contribution in [1.29, 1.82) is 0 Å². The van der Waals surface area contributed by atoms with Crippen LogP contribution in [-0.2, 0) is 28.5 Å². The van der Waals surface area contributed by atoms with Gasteiger partial charge in [-0.15, -0.1) is 0 Å². The number of hydrogen-bond acceptors (Lipinski definition) is 6. The molecule has 0 aromatic rings. The third-order valence-electron chi connectivity index (χ3n) is 2.41. The van der Waals surface area contributed by atoms with E-state index in [-0.39, 0.29) is 5.97 Å². The maximum absolute atomic E-state index is 11.4. The van der Waals surface area contributed by atoms with Crippen LogP contribution >= 0.6 is 0 Å². The van der Waals surface area contributed by atoms with E-state index in [9.17, 15) is 4.79 Å². The van der Waals surface area contributed by atoms with E-state index in [0.717, 1.165) is 0 Å². The lowest BCUT2D eigenvalue weighted by Gasteiger charge is -2.19. The highest BCUT2D eigenvalue weighted by molar-refractivity contribution is 5.69. The fraction of sp³-hybridized carbons (Fsp3) is 0.938. The molecular weight excluding hydrogens is 288 g/mol. The number of esters is 1. The number of hydrogen-bond donors (Lipinski definition) is 0. The molecule has 0 aliphatic rings. The van der Waals surface area contributed by atoms with Crippen molar-refractivity contribution in [2.24, 2.45) is 0 Å². The molecular formula is C16H32O6. The van der Waals surface area contributed by atoms with E-state index >= 15 is 0 Å². The van der Waals surface area contributed by atoms with Gasteiger partial charge in [0.05, 0.1) is 39.6 Å². The van der Waals surface area contributed by atoms with Crippen LogP contribution in [0, 0.1) is 0 Å². The highest BCUT2D eigenvalue weighted by atomic mass is 16.6. The second-order valence-corrected chi connectivity index (χ2v) is 5.72. The van der Waals surface area contributed by atoms with Gasteiger partial charge in [0.2, 0.25) is 0 Å². The lowest BCUT2D eigenvalue weighted by molar-refractivity contribution is -0.155. The molecule has 0 saturated heterocycles. The Morgan fingerprint density at radius 2 is 1.23 bits per heavy atom. The molecule has 0 amide bonds. The quantitative estimate of drug-likeness (QED) is 0.361. The molecule has 0 aliphatic carbocycles. The summed E-state index contributed by atoms with van der Waals surface area (Å²) in [6, 6.07) is 0. The Morgan fingerprint density at radius 3 is 1.68 bits per heavy atom. The summed E-state index contributed by atoms with van der Waals surface area (Å²) in [5, 5.41) is 0. The summed E-state index contributed by atoms with van der Waals surface area (Å²) in [4.78, 5) is 11.4. The molecule has 0 N–H and O–H groups in total. The first kappa shape index (κ1) is 21.3. The molecule has 22 heavy (non-hydrogen) atoms. The average Bonchev–Trinajstić information content (AvgIpc) is 2.42.